The summed E-state index contributed by atoms with van der Waals surface area (Å²) in [4.78, 5) is 5.49. The lowest BCUT2D eigenvalue weighted by atomic mass is 10.0. The molecule has 16 heavy (non-hydrogen) atoms. The predicted octanol–water partition coefficient (Wildman–Crippen LogP) is 2.13. The third-order valence-corrected chi connectivity index (χ3v) is 3.02. The maximum atomic E-state index is 5.49. The number of nitrogens with one attached hydrogen (secondary N) is 1. The summed E-state index contributed by atoms with van der Waals surface area (Å²) in [6.07, 6.45) is 1.13. The summed E-state index contributed by atoms with van der Waals surface area (Å²) >= 11 is 0. The smallest absolute Gasteiger partial charge is 0.0933 e. The second-order valence-corrected chi connectivity index (χ2v) is 4.30. The first-order valence-electron chi connectivity index (χ1n) is 5.85. The van der Waals surface area contributed by atoms with Gasteiger partial charge in [-0.3, -0.25) is 4.84 Å². The van der Waals surface area contributed by atoms with Crippen molar-refractivity contribution in [2.24, 2.45) is 5.92 Å². The van der Waals surface area contributed by atoms with E-state index in [1.165, 1.54) is 5.56 Å². The molecule has 1 heterocycles. The Balaban J connectivity index is 1.67. The Labute approximate surface area is 96.7 Å². The van der Waals surface area contributed by atoms with Gasteiger partial charge in [0.1, 0.15) is 0 Å². The molecule has 3 nitrogen and oxygen atoms in total. The number of hydroxylamine groups is 1. The van der Waals surface area contributed by atoms with Gasteiger partial charge in [-0.25, -0.2) is 0 Å². The number of hydrogen-bond donors (Lipinski definition) is 1. The maximum Gasteiger partial charge on any atom is 0.0933 e. The molecule has 88 valence electrons. The molecule has 2 unspecified atom stereocenters. The van der Waals surface area contributed by atoms with Gasteiger partial charge in [-0.1, -0.05) is 30.3 Å². The summed E-state index contributed by atoms with van der Waals surface area (Å²) in [7, 11) is 0. The van der Waals surface area contributed by atoms with Gasteiger partial charge in [-0.15, -0.1) is 0 Å². The molecule has 0 saturated carbocycles. The average molecular weight is 221 g/mol. The van der Waals surface area contributed by atoms with Crippen LogP contribution >= 0.6 is 0 Å². The van der Waals surface area contributed by atoms with Crippen molar-refractivity contribution in [2.75, 3.05) is 13.2 Å². The highest BCUT2D eigenvalue weighted by atomic mass is 16.6. The minimum atomic E-state index is 0.353. The standard InChI is InChI=1S/C13H19NO2/c1-11(13-7-8-15-10-13)14-16-9-12-5-3-2-4-6-12/h2-6,11,13-14H,7-10H2,1H3. The van der Waals surface area contributed by atoms with Crippen LogP contribution in [0.4, 0.5) is 0 Å². The molecule has 1 N–H and O–H groups in total. The zero-order chi connectivity index (χ0) is 11.2. The van der Waals surface area contributed by atoms with Crippen molar-refractivity contribution in [3.05, 3.63) is 35.9 Å². The van der Waals surface area contributed by atoms with Crippen LogP contribution in [0.2, 0.25) is 0 Å². The Morgan fingerprint density at radius 3 is 2.94 bits per heavy atom. The fourth-order valence-corrected chi connectivity index (χ4v) is 1.87. The van der Waals surface area contributed by atoms with E-state index in [9.17, 15) is 0 Å². The first-order chi connectivity index (χ1) is 7.86. The largest absolute Gasteiger partial charge is 0.381 e. The van der Waals surface area contributed by atoms with Crippen molar-refractivity contribution >= 4 is 0 Å². The van der Waals surface area contributed by atoms with E-state index in [1.54, 1.807) is 0 Å². The van der Waals surface area contributed by atoms with E-state index in [4.69, 9.17) is 9.57 Å². The molecule has 2 atom stereocenters. The van der Waals surface area contributed by atoms with Crippen molar-refractivity contribution in [2.45, 2.75) is 26.0 Å². The molecule has 0 spiro atoms. The van der Waals surface area contributed by atoms with Crippen molar-refractivity contribution in [1.29, 1.82) is 0 Å². The van der Waals surface area contributed by atoms with Crippen LogP contribution < -0.4 is 5.48 Å². The zero-order valence-corrected chi connectivity index (χ0v) is 9.69. The molecule has 0 bridgehead atoms. The fraction of sp³-hybridized carbons (Fsp3) is 0.538. The molecule has 1 fully saturated rings. The fourth-order valence-electron chi connectivity index (χ4n) is 1.87. The van der Waals surface area contributed by atoms with E-state index in [0.29, 0.717) is 18.6 Å². The van der Waals surface area contributed by atoms with E-state index < -0.39 is 0 Å². The molecule has 1 aliphatic heterocycles. The topological polar surface area (TPSA) is 30.5 Å². The van der Waals surface area contributed by atoms with Gasteiger partial charge in [0.25, 0.3) is 0 Å². The number of hydrogen-bond acceptors (Lipinski definition) is 3. The Morgan fingerprint density at radius 1 is 1.44 bits per heavy atom. The monoisotopic (exact) mass is 221 g/mol. The number of rotatable bonds is 5. The van der Waals surface area contributed by atoms with Gasteiger partial charge >= 0.3 is 0 Å². The quantitative estimate of drug-likeness (QED) is 0.773. The van der Waals surface area contributed by atoms with E-state index in [1.807, 2.05) is 18.2 Å². The van der Waals surface area contributed by atoms with Crippen LogP contribution in [0.1, 0.15) is 18.9 Å². The summed E-state index contributed by atoms with van der Waals surface area (Å²) in [6, 6.07) is 10.5. The molecule has 0 amide bonds. The lowest BCUT2D eigenvalue weighted by Crippen LogP contribution is -2.33. The Hall–Kier alpha value is -0.900. The molecule has 0 radical (unpaired) electrons. The first kappa shape index (κ1) is 11.6. The van der Waals surface area contributed by atoms with Crippen LogP contribution in [-0.2, 0) is 16.2 Å². The van der Waals surface area contributed by atoms with Crippen LogP contribution in [-0.4, -0.2) is 19.3 Å². The summed E-state index contributed by atoms with van der Waals surface area (Å²) in [5.41, 5.74) is 4.28. The molecule has 1 aromatic carbocycles. The molecule has 0 aliphatic carbocycles. The van der Waals surface area contributed by atoms with Crippen molar-refractivity contribution < 1.29 is 9.57 Å². The van der Waals surface area contributed by atoms with Gasteiger partial charge in [0.15, 0.2) is 0 Å². The van der Waals surface area contributed by atoms with Crippen LogP contribution in [0.3, 0.4) is 0 Å². The van der Waals surface area contributed by atoms with Crippen molar-refractivity contribution in [1.82, 2.24) is 5.48 Å². The average Bonchev–Trinajstić information content (AvgIpc) is 2.84. The predicted molar refractivity (Wildman–Crippen MR) is 62.8 cm³/mol. The van der Waals surface area contributed by atoms with Crippen molar-refractivity contribution in [3.8, 4) is 0 Å². The molecule has 2 rings (SSSR count). The van der Waals surface area contributed by atoms with E-state index in [-0.39, 0.29) is 0 Å². The summed E-state index contributed by atoms with van der Waals surface area (Å²) < 4.78 is 5.35. The van der Waals surface area contributed by atoms with Crippen molar-refractivity contribution in [3.63, 3.8) is 0 Å². The Bertz CT molecular complexity index is 296. The molecule has 1 saturated heterocycles. The van der Waals surface area contributed by atoms with E-state index >= 15 is 0 Å². The maximum absolute atomic E-state index is 5.49. The summed E-state index contributed by atoms with van der Waals surface area (Å²) in [5, 5.41) is 0. The Morgan fingerprint density at radius 2 is 2.25 bits per heavy atom. The molecule has 1 aliphatic rings. The third kappa shape index (κ3) is 3.30. The molecular formula is C13H19NO2. The van der Waals surface area contributed by atoms with Gasteiger partial charge in [0.2, 0.25) is 0 Å². The minimum Gasteiger partial charge on any atom is -0.381 e. The normalized spacial score (nSPS) is 22.2. The minimum absolute atomic E-state index is 0.353. The number of benzene rings is 1. The molecule has 1 aromatic rings. The summed E-state index contributed by atoms with van der Waals surface area (Å²) in [6.45, 7) is 4.49. The highest BCUT2D eigenvalue weighted by Gasteiger charge is 2.21. The lowest BCUT2D eigenvalue weighted by Gasteiger charge is -2.18. The van der Waals surface area contributed by atoms with E-state index in [2.05, 4.69) is 24.5 Å². The van der Waals surface area contributed by atoms with Gasteiger partial charge < -0.3 is 4.74 Å². The van der Waals surface area contributed by atoms with Gasteiger partial charge in [0, 0.05) is 18.6 Å². The third-order valence-electron chi connectivity index (χ3n) is 3.02. The second kappa shape index (κ2) is 5.99. The highest BCUT2D eigenvalue weighted by Crippen LogP contribution is 2.16. The second-order valence-electron chi connectivity index (χ2n) is 4.30. The first-order valence-corrected chi connectivity index (χ1v) is 5.85. The van der Waals surface area contributed by atoms with Gasteiger partial charge in [0.05, 0.1) is 13.2 Å². The lowest BCUT2D eigenvalue weighted by molar-refractivity contribution is -0.00691. The highest BCUT2D eigenvalue weighted by molar-refractivity contribution is 5.13. The molecular weight excluding hydrogens is 202 g/mol. The van der Waals surface area contributed by atoms with Crippen LogP contribution in [0.5, 0.6) is 0 Å². The Kier molecular flexibility index (Phi) is 4.34. The molecule has 3 heteroatoms. The van der Waals surface area contributed by atoms with Crippen LogP contribution in [0.25, 0.3) is 0 Å². The van der Waals surface area contributed by atoms with Gasteiger partial charge in [-0.2, -0.15) is 5.48 Å². The van der Waals surface area contributed by atoms with Gasteiger partial charge in [-0.05, 0) is 18.9 Å². The zero-order valence-electron chi connectivity index (χ0n) is 9.69. The van der Waals surface area contributed by atoms with Crippen LogP contribution in [0.15, 0.2) is 30.3 Å². The van der Waals surface area contributed by atoms with Crippen LogP contribution in [0, 0.1) is 5.92 Å². The SMILES string of the molecule is CC(NOCc1ccccc1)C1CCOC1. The number of ether oxygens (including phenoxy) is 1. The van der Waals surface area contributed by atoms with E-state index in [0.717, 1.165) is 19.6 Å². The summed E-state index contributed by atoms with van der Waals surface area (Å²) in [5.74, 6) is 0.579. The molecule has 0 aromatic heterocycles.